The molecule has 0 radical (unpaired) electrons. The molecule has 2 aromatic heterocycles. The number of carbonyl (C=O) groups excluding carboxylic acids is 1. The molecule has 2 aliphatic heterocycles. The van der Waals surface area contributed by atoms with Crippen LogP contribution in [0.4, 0.5) is 11.5 Å². The predicted molar refractivity (Wildman–Crippen MR) is 117 cm³/mol. The van der Waals surface area contributed by atoms with Crippen LogP contribution in [0.2, 0.25) is 0 Å². The van der Waals surface area contributed by atoms with E-state index in [1.807, 2.05) is 48.1 Å². The van der Waals surface area contributed by atoms with Crippen molar-refractivity contribution in [1.29, 1.82) is 0 Å². The van der Waals surface area contributed by atoms with E-state index in [9.17, 15) is 4.79 Å². The van der Waals surface area contributed by atoms with Crippen molar-refractivity contribution in [2.24, 2.45) is 0 Å². The van der Waals surface area contributed by atoms with E-state index >= 15 is 0 Å². The van der Waals surface area contributed by atoms with Crippen LogP contribution in [0.3, 0.4) is 0 Å². The number of fused-ring (bicyclic) bond motifs is 3. The minimum Gasteiger partial charge on any atom is -0.340 e. The van der Waals surface area contributed by atoms with E-state index in [4.69, 9.17) is 4.98 Å². The second kappa shape index (κ2) is 7.23. The number of carbonyl (C=O) groups is 1. The van der Waals surface area contributed by atoms with Gasteiger partial charge >= 0.3 is 0 Å². The van der Waals surface area contributed by atoms with Crippen LogP contribution in [0.1, 0.15) is 39.0 Å². The van der Waals surface area contributed by atoms with Gasteiger partial charge in [-0.15, -0.1) is 0 Å². The number of anilines is 2. The van der Waals surface area contributed by atoms with E-state index in [2.05, 4.69) is 21.8 Å². The van der Waals surface area contributed by atoms with Gasteiger partial charge in [-0.2, -0.15) is 4.98 Å². The monoisotopic (exact) mass is 402 g/mol. The average Bonchev–Trinajstić information content (AvgIpc) is 3.18. The van der Waals surface area contributed by atoms with Gasteiger partial charge in [0, 0.05) is 31.5 Å². The lowest BCUT2D eigenvalue weighted by molar-refractivity contribution is -0.124. The largest absolute Gasteiger partial charge is 0.340 e. The third-order valence-electron chi connectivity index (χ3n) is 6.52. The fraction of sp³-hybridized carbons (Fsp3) is 0.391. The molecule has 7 heteroatoms. The summed E-state index contributed by atoms with van der Waals surface area (Å²) in [6.07, 6.45) is 10.3. The van der Waals surface area contributed by atoms with E-state index < -0.39 is 5.54 Å². The molecule has 0 saturated carbocycles. The molecule has 154 valence electrons. The van der Waals surface area contributed by atoms with Gasteiger partial charge in [0.25, 0.3) is 5.91 Å². The molecule has 3 aromatic rings. The number of aromatic nitrogens is 4. The molecule has 0 spiro atoms. The van der Waals surface area contributed by atoms with Gasteiger partial charge in [0.15, 0.2) is 5.82 Å². The molecule has 2 aliphatic rings. The van der Waals surface area contributed by atoms with E-state index in [1.165, 1.54) is 0 Å². The minimum absolute atomic E-state index is 0.156. The van der Waals surface area contributed by atoms with Gasteiger partial charge in [-0.25, -0.2) is 9.97 Å². The van der Waals surface area contributed by atoms with Gasteiger partial charge in [0.05, 0.1) is 6.20 Å². The second-order valence-electron chi connectivity index (χ2n) is 8.08. The van der Waals surface area contributed by atoms with Crippen molar-refractivity contribution in [2.45, 2.75) is 44.6 Å². The number of rotatable bonds is 3. The van der Waals surface area contributed by atoms with E-state index in [1.54, 1.807) is 17.3 Å². The number of likely N-dealkylation sites (N-methyl/N-ethyl adjacent to an activating group) is 1. The Hall–Kier alpha value is -3.22. The zero-order valence-electron chi connectivity index (χ0n) is 17.5. The molecule has 0 unspecified atom stereocenters. The molecule has 0 N–H and O–H groups in total. The summed E-state index contributed by atoms with van der Waals surface area (Å²) >= 11 is 0. The molecule has 1 atom stereocenters. The fourth-order valence-corrected chi connectivity index (χ4v) is 4.86. The third-order valence-corrected chi connectivity index (χ3v) is 6.52. The second-order valence-corrected chi connectivity index (χ2v) is 8.08. The summed E-state index contributed by atoms with van der Waals surface area (Å²) in [7, 11) is 1.84. The van der Waals surface area contributed by atoms with Crippen LogP contribution in [0.25, 0.3) is 17.3 Å². The molecule has 5 rings (SSSR count). The Bertz CT molecular complexity index is 1080. The normalized spacial score (nSPS) is 21.2. The molecular weight excluding hydrogens is 376 g/mol. The molecule has 0 bridgehead atoms. The van der Waals surface area contributed by atoms with Gasteiger partial charge in [0.2, 0.25) is 5.95 Å². The fourth-order valence-electron chi connectivity index (χ4n) is 4.86. The van der Waals surface area contributed by atoms with Gasteiger partial charge in [-0.3, -0.25) is 9.36 Å². The average molecular weight is 403 g/mol. The lowest BCUT2D eigenvalue weighted by Gasteiger charge is -2.48. The first-order valence-electron chi connectivity index (χ1n) is 10.7. The molecule has 1 saturated heterocycles. The number of imidazole rings is 1. The first kappa shape index (κ1) is 18.8. The standard InChI is InChI=1S/C23H26N6O/c1-3-23-12-8-5-9-14-29(23)20-18(27(2)21(23)30)16-25-22(26-20)28-15-13-24-19(28)17-10-6-4-7-11-17/h4,6-7,10-11,13,15-16H,3,5,8-9,12,14H2,1-2H3/t23-/m1/s1. The van der Waals surface area contributed by atoms with E-state index in [-0.39, 0.29) is 5.91 Å². The van der Waals surface area contributed by atoms with E-state index in [0.29, 0.717) is 5.95 Å². The van der Waals surface area contributed by atoms with Crippen LogP contribution in [-0.2, 0) is 4.79 Å². The van der Waals surface area contributed by atoms with Crippen LogP contribution < -0.4 is 9.80 Å². The Morgan fingerprint density at radius 3 is 2.73 bits per heavy atom. The SMILES string of the molecule is CC[C@]12CCCCCN1c1nc(-n3ccnc3-c3ccccc3)ncc1N(C)C2=O. The van der Waals surface area contributed by atoms with Crippen molar-refractivity contribution in [3.63, 3.8) is 0 Å². The zero-order chi connectivity index (χ0) is 20.7. The minimum atomic E-state index is -0.513. The van der Waals surface area contributed by atoms with Crippen molar-refractivity contribution in [1.82, 2.24) is 19.5 Å². The van der Waals surface area contributed by atoms with Crippen molar-refractivity contribution in [3.8, 4) is 17.3 Å². The Balaban J connectivity index is 1.65. The molecule has 1 aromatic carbocycles. The summed E-state index contributed by atoms with van der Waals surface area (Å²) in [6.45, 7) is 2.95. The number of hydrogen-bond acceptors (Lipinski definition) is 5. The van der Waals surface area contributed by atoms with Crippen molar-refractivity contribution in [3.05, 3.63) is 48.9 Å². The van der Waals surface area contributed by atoms with Crippen LogP contribution in [0.15, 0.2) is 48.9 Å². The van der Waals surface area contributed by atoms with Gasteiger partial charge in [-0.1, -0.05) is 50.1 Å². The Morgan fingerprint density at radius 1 is 1.10 bits per heavy atom. The Morgan fingerprint density at radius 2 is 1.93 bits per heavy atom. The summed E-state index contributed by atoms with van der Waals surface area (Å²) in [4.78, 5) is 31.5. The van der Waals surface area contributed by atoms with Crippen LogP contribution in [-0.4, -0.2) is 44.6 Å². The maximum Gasteiger partial charge on any atom is 0.252 e. The van der Waals surface area contributed by atoms with Crippen molar-refractivity contribution < 1.29 is 4.79 Å². The number of amides is 1. The number of benzene rings is 1. The third kappa shape index (κ3) is 2.72. The topological polar surface area (TPSA) is 67.2 Å². The highest BCUT2D eigenvalue weighted by Gasteiger charge is 2.50. The first-order chi connectivity index (χ1) is 14.7. The Kier molecular flexibility index (Phi) is 4.53. The number of hydrogen-bond donors (Lipinski definition) is 0. The van der Waals surface area contributed by atoms with Crippen LogP contribution in [0.5, 0.6) is 0 Å². The highest BCUT2D eigenvalue weighted by atomic mass is 16.2. The lowest BCUT2D eigenvalue weighted by atomic mass is 9.85. The summed E-state index contributed by atoms with van der Waals surface area (Å²) < 4.78 is 1.91. The molecule has 7 nitrogen and oxygen atoms in total. The quantitative estimate of drug-likeness (QED) is 0.666. The van der Waals surface area contributed by atoms with Crippen LogP contribution >= 0.6 is 0 Å². The molecule has 0 aliphatic carbocycles. The maximum absolute atomic E-state index is 13.4. The van der Waals surface area contributed by atoms with Crippen LogP contribution in [0, 0.1) is 0 Å². The smallest absolute Gasteiger partial charge is 0.252 e. The van der Waals surface area contributed by atoms with Gasteiger partial charge in [0.1, 0.15) is 17.1 Å². The molecule has 30 heavy (non-hydrogen) atoms. The van der Waals surface area contributed by atoms with Gasteiger partial charge in [-0.05, 0) is 19.3 Å². The lowest BCUT2D eigenvalue weighted by Crippen LogP contribution is -2.62. The highest BCUT2D eigenvalue weighted by Crippen LogP contribution is 2.44. The first-order valence-corrected chi connectivity index (χ1v) is 10.7. The maximum atomic E-state index is 13.4. The van der Waals surface area contributed by atoms with Gasteiger partial charge < -0.3 is 9.80 Å². The van der Waals surface area contributed by atoms with Crippen molar-refractivity contribution >= 4 is 17.4 Å². The summed E-state index contributed by atoms with van der Waals surface area (Å²) in [5, 5.41) is 0. The zero-order valence-corrected chi connectivity index (χ0v) is 17.5. The highest BCUT2D eigenvalue weighted by molar-refractivity contribution is 6.07. The summed E-state index contributed by atoms with van der Waals surface area (Å²) in [5.74, 6) is 2.37. The number of nitrogens with zero attached hydrogens (tertiary/aromatic N) is 6. The van der Waals surface area contributed by atoms with E-state index in [0.717, 1.165) is 61.5 Å². The molecule has 1 fully saturated rings. The predicted octanol–water partition coefficient (Wildman–Crippen LogP) is 3.83. The summed E-state index contributed by atoms with van der Waals surface area (Å²) in [6, 6.07) is 10.0. The molecule has 1 amide bonds. The molecular formula is C23H26N6O. The molecule has 4 heterocycles. The Labute approximate surface area is 176 Å². The summed E-state index contributed by atoms with van der Waals surface area (Å²) in [5.41, 5.74) is 1.27. The van der Waals surface area contributed by atoms with Crippen molar-refractivity contribution in [2.75, 3.05) is 23.4 Å².